The van der Waals surface area contributed by atoms with Crippen molar-refractivity contribution in [3.8, 4) is 0 Å². The van der Waals surface area contributed by atoms with Crippen molar-refractivity contribution < 1.29 is 9.13 Å². The number of hydrogen-bond donors (Lipinski definition) is 1. The zero-order valence-electron chi connectivity index (χ0n) is 10.6. The topological polar surface area (TPSA) is 21.3 Å². The van der Waals surface area contributed by atoms with Crippen LogP contribution >= 0.6 is 11.6 Å². The van der Waals surface area contributed by atoms with E-state index in [4.69, 9.17) is 16.3 Å². The van der Waals surface area contributed by atoms with Crippen LogP contribution in [0.25, 0.3) is 0 Å². The van der Waals surface area contributed by atoms with Gasteiger partial charge in [0.25, 0.3) is 0 Å². The van der Waals surface area contributed by atoms with Crippen LogP contribution in [0.3, 0.4) is 0 Å². The molecule has 0 spiro atoms. The summed E-state index contributed by atoms with van der Waals surface area (Å²) in [5.74, 6) is -0.371. The Morgan fingerprint density at radius 2 is 1.89 bits per heavy atom. The number of benzene rings is 2. The maximum atomic E-state index is 13.8. The molecule has 0 aliphatic rings. The van der Waals surface area contributed by atoms with Gasteiger partial charge in [0.05, 0.1) is 23.4 Å². The number of nitrogens with one attached hydrogen (secondary N) is 1. The second-order valence-electron chi connectivity index (χ2n) is 4.16. The van der Waals surface area contributed by atoms with E-state index in [1.54, 1.807) is 19.2 Å². The molecule has 0 radical (unpaired) electrons. The maximum absolute atomic E-state index is 13.8. The van der Waals surface area contributed by atoms with Crippen molar-refractivity contribution in [3.05, 3.63) is 64.9 Å². The summed E-state index contributed by atoms with van der Waals surface area (Å²) in [4.78, 5) is 0. The second-order valence-corrected chi connectivity index (χ2v) is 4.57. The number of para-hydroxylation sites is 1. The average molecular weight is 280 g/mol. The van der Waals surface area contributed by atoms with Crippen molar-refractivity contribution in [3.63, 3.8) is 0 Å². The van der Waals surface area contributed by atoms with Gasteiger partial charge in [0.1, 0.15) is 5.82 Å². The van der Waals surface area contributed by atoms with Crippen LogP contribution in [0.4, 0.5) is 10.1 Å². The molecule has 0 aromatic heterocycles. The predicted molar refractivity (Wildman–Crippen MR) is 76.1 cm³/mol. The fourth-order valence-corrected chi connectivity index (χ4v) is 2.10. The molecule has 2 nitrogen and oxygen atoms in total. The molecule has 1 N–H and O–H groups in total. The van der Waals surface area contributed by atoms with Crippen LogP contribution in [0.5, 0.6) is 0 Å². The lowest BCUT2D eigenvalue weighted by atomic mass is 10.1. The van der Waals surface area contributed by atoms with E-state index in [0.29, 0.717) is 17.3 Å². The summed E-state index contributed by atoms with van der Waals surface area (Å²) in [5, 5.41) is 3.46. The number of halogens is 2. The molecule has 0 amide bonds. The van der Waals surface area contributed by atoms with E-state index >= 15 is 0 Å². The monoisotopic (exact) mass is 279 g/mol. The molecule has 0 saturated heterocycles. The van der Waals surface area contributed by atoms with Gasteiger partial charge in [0.2, 0.25) is 0 Å². The molecule has 2 rings (SSSR count). The van der Waals surface area contributed by atoms with Gasteiger partial charge in [-0.25, -0.2) is 4.39 Å². The van der Waals surface area contributed by atoms with Gasteiger partial charge in [-0.2, -0.15) is 0 Å². The minimum absolute atomic E-state index is 0.152. The average Bonchev–Trinajstić information content (AvgIpc) is 2.43. The van der Waals surface area contributed by atoms with Crippen molar-refractivity contribution in [2.24, 2.45) is 0 Å². The fraction of sp³-hybridized carbons (Fsp3) is 0.200. The highest BCUT2D eigenvalue weighted by Gasteiger charge is 2.15. The van der Waals surface area contributed by atoms with Gasteiger partial charge in [-0.05, 0) is 17.7 Å². The first kappa shape index (κ1) is 13.8. The third-order valence-electron chi connectivity index (χ3n) is 2.82. The summed E-state index contributed by atoms with van der Waals surface area (Å²) >= 11 is 6.02. The van der Waals surface area contributed by atoms with E-state index < -0.39 is 0 Å². The number of hydrogen-bond acceptors (Lipinski definition) is 2. The summed E-state index contributed by atoms with van der Waals surface area (Å²) in [6.45, 7) is 0.425. The minimum atomic E-state index is -0.371. The summed E-state index contributed by atoms with van der Waals surface area (Å²) in [7, 11) is 1.61. The van der Waals surface area contributed by atoms with Crippen molar-refractivity contribution in [2.45, 2.75) is 6.04 Å². The van der Waals surface area contributed by atoms with E-state index in [1.807, 2.05) is 30.3 Å². The van der Waals surface area contributed by atoms with Crippen LogP contribution < -0.4 is 5.32 Å². The molecule has 4 heteroatoms. The van der Waals surface area contributed by atoms with Crippen molar-refractivity contribution in [1.82, 2.24) is 0 Å². The Morgan fingerprint density at radius 1 is 1.16 bits per heavy atom. The van der Waals surface area contributed by atoms with E-state index in [9.17, 15) is 4.39 Å². The minimum Gasteiger partial charge on any atom is -0.382 e. The van der Waals surface area contributed by atoms with Gasteiger partial charge in [-0.15, -0.1) is 0 Å². The molecule has 0 heterocycles. The lowest BCUT2D eigenvalue weighted by Crippen LogP contribution is -2.17. The molecule has 2 aromatic carbocycles. The summed E-state index contributed by atoms with van der Waals surface area (Å²) in [5.41, 5.74) is 1.32. The Labute approximate surface area is 117 Å². The molecule has 1 atom stereocenters. The molecule has 0 aliphatic carbocycles. The molecule has 0 fully saturated rings. The normalized spacial score (nSPS) is 12.2. The lowest BCUT2D eigenvalue weighted by Gasteiger charge is -2.20. The SMILES string of the molecule is COCC(Nc1c(F)cccc1Cl)c1ccccc1. The van der Waals surface area contributed by atoms with Crippen LogP contribution in [0, 0.1) is 5.82 Å². The molecule has 2 aromatic rings. The summed E-state index contributed by atoms with van der Waals surface area (Å²) in [6.07, 6.45) is 0. The smallest absolute Gasteiger partial charge is 0.147 e. The third kappa shape index (κ3) is 3.46. The molecular formula is C15H15ClFNO. The molecule has 100 valence electrons. The zero-order valence-corrected chi connectivity index (χ0v) is 11.3. The first-order chi connectivity index (χ1) is 9.22. The van der Waals surface area contributed by atoms with Gasteiger partial charge in [-0.3, -0.25) is 0 Å². The zero-order chi connectivity index (χ0) is 13.7. The van der Waals surface area contributed by atoms with Crippen molar-refractivity contribution >= 4 is 17.3 Å². The quantitative estimate of drug-likeness (QED) is 0.882. The first-order valence-electron chi connectivity index (χ1n) is 5.97. The van der Waals surface area contributed by atoms with E-state index in [1.165, 1.54) is 6.07 Å². The largest absolute Gasteiger partial charge is 0.382 e. The molecule has 0 saturated carbocycles. The van der Waals surface area contributed by atoms with Gasteiger partial charge >= 0.3 is 0 Å². The van der Waals surface area contributed by atoms with Gasteiger partial charge < -0.3 is 10.1 Å². The highest BCUT2D eigenvalue weighted by Crippen LogP contribution is 2.28. The fourth-order valence-electron chi connectivity index (χ4n) is 1.88. The molecule has 1 unspecified atom stereocenters. The highest BCUT2D eigenvalue weighted by atomic mass is 35.5. The van der Waals surface area contributed by atoms with E-state index in [-0.39, 0.29) is 11.9 Å². The molecule has 0 bridgehead atoms. The van der Waals surface area contributed by atoms with E-state index in [2.05, 4.69) is 5.32 Å². The Balaban J connectivity index is 2.27. The standard InChI is InChI=1S/C15H15ClFNO/c1-19-10-14(11-6-3-2-4-7-11)18-15-12(16)8-5-9-13(15)17/h2-9,14,18H,10H2,1H3. The summed E-state index contributed by atoms with van der Waals surface area (Å²) < 4.78 is 19.0. The lowest BCUT2D eigenvalue weighted by molar-refractivity contribution is 0.186. The van der Waals surface area contributed by atoms with Crippen LogP contribution in [-0.4, -0.2) is 13.7 Å². The van der Waals surface area contributed by atoms with Crippen LogP contribution in [-0.2, 0) is 4.74 Å². The highest BCUT2D eigenvalue weighted by molar-refractivity contribution is 6.33. The molecule has 0 aliphatic heterocycles. The van der Waals surface area contributed by atoms with Crippen LogP contribution in [0.15, 0.2) is 48.5 Å². The Bertz CT molecular complexity index is 513. The van der Waals surface area contributed by atoms with Gasteiger partial charge in [0, 0.05) is 7.11 Å². The third-order valence-corrected chi connectivity index (χ3v) is 3.13. The first-order valence-corrected chi connectivity index (χ1v) is 6.34. The molecule has 19 heavy (non-hydrogen) atoms. The van der Waals surface area contributed by atoms with Crippen LogP contribution in [0.2, 0.25) is 5.02 Å². The van der Waals surface area contributed by atoms with Crippen LogP contribution in [0.1, 0.15) is 11.6 Å². The molecular weight excluding hydrogens is 265 g/mol. The van der Waals surface area contributed by atoms with Crippen molar-refractivity contribution in [2.75, 3.05) is 19.0 Å². The second kappa shape index (κ2) is 6.55. The van der Waals surface area contributed by atoms with Gasteiger partial charge in [-0.1, -0.05) is 48.0 Å². The predicted octanol–water partition coefficient (Wildman–Crippen LogP) is 4.28. The summed E-state index contributed by atoms with van der Waals surface area (Å²) in [6, 6.07) is 14.2. The van der Waals surface area contributed by atoms with Crippen molar-refractivity contribution in [1.29, 1.82) is 0 Å². The number of anilines is 1. The maximum Gasteiger partial charge on any atom is 0.147 e. The van der Waals surface area contributed by atoms with E-state index in [0.717, 1.165) is 5.56 Å². The van der Waals surface area contributed by atoms with Gasteiger partial charge in [0.15, 0.2) is 0 Å². The Morgan fingerprint density at radius 3 is 2.53 bits per heavy atom. The number of ether oxygens (including phenoxy) is 1. The Hall–Kier alpha value is -1.58. The number of methoxy groups -OCH3 is 1. The Kier molecular flexibility index (Phi) is 4.77. The number of rotatable bonds is 5.